The number of aromatic nitrogens is 2. The second-order valence-electron chi connectivity index (χ2n) is 7.22. The monoisotopic (exact) mass is 470 g/mol. The molecule has 2 heterocycles. The zero-order valence-electron chi connectivity index (χ0n) is 17.6. The lowest BCUT2D eigenvalue weighted by molar-refractivity contribution is -0.134. The number of hydrogen-bond acceptors (Lipinski definition) is 6. The van der Waals surface area contributed by atoms with Crippen molar-refractivity contribution >= 4 is 40.9 Å². The first kappa shape index (κ1) is 22.2. The summed E-state index contributed by atoms with van der Waals surface area (Å²) in [6.45, 7) is 2.20. The number of thioether (sulfide) groups is 1. The summed E-state index contributed by atoms with van der Waals surface area (Å²) in [5.74, 6) is -0.785. The normalized spacial score (nSPS) is 13.8. The first-order valence-corrected chi connectivity index (χ1v) is 11.8. The largest absolute Gasteiger partial charge is 0.451 e. The molecule has 0 radical (unpaired) electrons. The molecule has 0 spiro atoms. The van der Waals surface area contributed by atoms with Crippen molar-refractivity contribution in [1.82, 2.24) is 14.5 Å². The molecule has 0 N–H and O–H groups in total. The van der Waals surface area contributed by atoms with E-state index >= 15 is 0 Å². The maximum absolute atomic E-state index is 12.7. The predicted molar refractivity (Wildman–Crippen MR) is 126 cm³/mol. The third-order valence-electron chi connectivity index (χ3n) is 5.27. The highest BCUT2D eigenvalue weighted by molar-refractivity contribution is 7.98. The van der Waals surface area contributed by atoms with Crippen molar-refractivity contribution in [3.8, 4) is 5.69 Å². The molecule has 0 atom stereocenters. The van der Waals surface area contributed by atoms with Crippen molar-refractivity contribution in [1.29, 1.82) is 0 Å². The third-order valence-corrected chi connectivity index (χ3v) is 6.16. The van der Waals surface area contributed by atoms with Crippen LogP contribution in [0.1, 0.15) is 10.5 Å². The number of hydrogen-bond donors (Lipinski definition) is 0. The number of imidazole rings is 1. The van der Waals surface area contributed by atoms with E-state index in [1.165, 1.54) is 18.0 Å². The molecule has 2 aromatic carbocycles. The molecule has 32 heavy (non-hydrogen) atoms. The van der Waals surface area contributed by atoms with Gasteiger partial charge in [0.15, 0.2) is 17.5 Å². The maximum Gasteiger partial charge on any atom is 0.357 e. The van der Waals surface area contributed by atoms with Gasteiger partial charge in [-0.2, -0.15) is 0 Å². The average molecular weight is 471 g/mol. The number of benzene rings is 2. The Morgan fingerprint density at radius 3 is 2.44 bits per heavy atom. The summed E-state index contributed by atoms with van der Waals surface area (Å²) in [4.78, 5) is 33.6. The number of piperazine rings is 1. The van der Waals surface area contributed by atoms with Crippen molar-refractivity contribution in [3.63, 3.8) is 0 Å². The summed E-state index contributed by atoms with van der Waals surface area (Å²) in [6.07, 6.45) is 3.37. The minimum Gasteiger partial charge on any atom is -0.451 e. The minimum absolute atomic E-state index is 0.208. The number of carbonyl (C=O) groups excluding carboxylic acids is 2. The third kappa shape index (κ3) is 4.92. The molecule has 1 aliphatic heterocycles. The van der Waals surface area contributed by atoms with E-state index in [2.05, 4.69) is 9.88 Å². The molecule has 0 unspecified atom stereocenters. The molecule has 7 nitrogen and oxygen atoms in total. The number of esters is 1. The number of halogens is 1. The smallest absolute Gasteiger partial charge is 0.357 e. The van der Waals surface area contributed by atoms with Crippen LogP contribution in [-0.2, 0) is 9.53 Å². The molecule has 1 aromatic heterocycles. The fraction of sp³-hybridized carbons (Fsp3) is 0.261. The van der Waals surface area contributed by atoms with E-state index in [0.29, 0.717) is 42.1 Å². The van der Waals surface area contributed by atoms with Gasteiger partial charge in [0.25, 0.3) is 5.91 Å². The summed E-state index contributed by atoms with van der Waals surface area (Å²) in [5.41, 5.74) is 2.14. The van der Waals surface area contributed by atoms with E-state index in [9.17, 15) is 9.59 Å². The average Bonchev–Trinajstić information content (AvgIpc) is 3.27. The van der Waals surface area contributed by atoms with E-state index < -0.39 is 5.97 Å². The molecule has 1 amide bonds. The van der Waals surface area contributed by atoms with Gasteiger partial charge < -0.3 is 14.5 Å². The molecular weight excluding hydrogens is 448 g/mol. The first-order chi connectivity index (χ1) is 15.6. The van der Waals surface area contributed by atoms with Gasteiger partial charge in [-0.15, -0.1) is 0 Å². The summed E-state index contributed by atoms with van der Waals surface area (Å²) in [7, 11) is 0. The van der Waals surface area contributed by atoms with E-state index in [4.69, 9.17) is 16.3 Å². The van der Waals surface area contributed by atoms with E-state index in [0.717, 1.165) is 11.4 Å². The molecule has 3 aromatic rings. The second-order valence-corrected chi connectivity index (χ2v) is 8.43. The molecule has 1 saturated heterocycles. The van der Waals surface area contributed by atoms with E-state index in [1.54, 1.807) is 9.47 Å². The minimum atomic E-state index is -0.576. The van der Waals surface area contributed by atoms with Crippen molar-refractivity contribution in [3.05, 3.63) is 71.5 Å². The molecule has 9 heteroatoms. The lowest BCUT2D eigenvalue weighted by Gasteiger charge is -2.36. The highest BCUT2D eigenvalue weighted by atomic mass is 35.5. The van der Waals surface area contributed by atoms with Gasteiger partial charge in [0, 0.05) is 42.6 Å². The number of nitrogens with zero attached hydrogens (tertiary/aromatic N) is 4. The van der Waals surface area contributed by atoms with Gasteiger partial charge in [-0.05, 0) is 36.6 Å². The van der Waals surface area contributed by atoms with Crippen molar-refractivity contribution in [2.24, 2.45) is 0 Å². The molecule has 0 bridgehead atoms. The molecule has 166 valence electrons. The summed E-state index contributed by atoms with van der Waals surface area (Å²) < 4.78 is 7.10. The Morgan fingerprint density at radius 1 is 1.03 bits per heavy atom. The molecule has 0 saturated carbocycles. The van der Waals surface area contributed by atoms with E-state index in [1.807, 2.05) is 60.9 Å². The fourth-order valence-electron chi connectivity index (χ4n) is 3.63. The molecule has 1 aliphatic rings. The van der Waals surface area contributed by atoms with Crippen LogP contribution < -0.4 is 4.90 Å². The highest BCUT2D eigenvalue weighted by Crippen LogP contribution is 2.23. The van der Waals surface area contributed by atoms with Gasteiger partial charge in [-0.3, -0.25) is 9.36 Å². The lowest BCUT2D eigenvalue weighted by Crippen LogP contribution is -2.49. The van der Waals surface area contributed by atoms with Gasteiger partial charge in [0.05, 0.1) is 6.20 Å². The number of ether oxygens (including phenoxy) is 1. The Labute approximate surface area is 195 Å². The Kier molecular flexibility index (Phi) is 7.02. The van der Waals surface area contributed by atoms with Crippen LogP contribution >= 0.6 is 23.4 Å². The fourth-order valence-corrected chi connectivity index (χ4v) is 4.36. The predicted octanol–water partition coefficient (Wildman–Crippen LogP) is 3.75. The van der Waals surface area contributed by atoms with Crippen LogP contribution in [0.25, 0.3) is 5.69 Å². The van der Waals surface area contributed by atoms with Gasteiger partial charge in [0.2, 0.25) is 0 Å². The van der Waals surface area contributed by atoms with Crippen LogP contribution in [0, 0.1) is 0 Å². The Balaban J connectivity index is 1.35. The van der Waals surface area contributed by atoms with Crippen LogP contribution in [0.4, 0.5) is 5.69 Å². The van der Waals surface area contributed by atoms with Gasteiger partial charge in [-0.1, -0.05) is 47.6 Å². The van der Waals surface area contributed by atoms with Gasteiger partial charge in [-0.25, -0.2) is 9.78 Å². The number of para-hydroxylation sites is 1. The first-order valence-electron chi connectivity index (χ1n) is 10.2. The zero-order chi connectivity index (χ0) is 22.5. The van der Waals surface area contributed by atoms with Gasteiger partial charge >= 0.3 is 5.97 Å². The van der Waals surface area contributed by atoms with E-state index in [-0.39, 0.29) is 12.5 Å². The second kappa shape index (κ2) is 10.1. The van der Waals surface area contributed by atoms with Crippen molar-refractivity contribution in [2.75, 3.05) is 43.9 Å². The molecule has 4 rings (SSSR count). The van der Waals surface area contributed by atoms with Crippen LogP contribution in [0.5, 0.6) is 0 Å². The van der Waals surface area contributed by atoms with Crippen LogP contribution in [0.15, 0.2) is 66.0 Å². The SMILES string of the molecule is CSc1ncc(C(=O)OCC(=O)N2CCN(c3cccc(Cl)c3)CC2)n1-c1ccccc1. The summed E-state index contributed by atoms with van der Waals surface area (Å²) in [5, 5.41) is 1.36. The number of amides is 1. The summed E-state index contributed by atoms with van der Waals surface area (Å²) >= 11 is 7.51. The number of carbonyl (C=O) groups is 2. The van der Waals surface area contributed by atoms with Crippen LogP contribution in [-0.4, -0.2) is 65.4 Å². The molecule has 1 fully saturated rings. The Hall–Kier alpha value is -2.97. The van der Waals surface area contributed by atoms with Crippen molar-refractivity contribution in [2.45, 2.75) is 5.16 Å². The maximum atomic E-state index is 12.7. The van der Waals surface area contributed by atoms with Crippen LogP contribution in [0.3, 0.4) is 0 Å². The van der Waals surface area contributed by atoms with Crippen LogP contribution in [0.2, 0.25) is 5.02 Å². The molecule has 0 aliphatic carbocycles. The number of rotatable bonds is 6. The Morgan fingerprint density at radius 2 is 1.75 bits per heavy atom. The number of anilines is 1. The summed E-state index contributed by atoms with van der Waals surface area (Å²) in [6, 6.07) is 17.1. The lowest BCUT2D eigenvalue weighted by atomic mass is 10.2. The van der Waals surface area contributed by atoms with Crippen molar-refractivity contribution < 1.29 is 14.3 Å². The highest BCUT2D eigenvalue weighted by Gasteiger charge is 2.24. The Bertz CT molecular complexity index is 1100. The quantitative estimate of drug-likeness (QED) is 0.403. The van der Waals surface area contributed by atoms with Gasteiger partial charge in [0.1, 0.15) is 0 Å². The zero-order valence-corrected chi connectivity index (χ0v) is 19.2. The topological polar surface area (TPSA) is 67.7 Å². The standard InChI is InChI=1S/C23H23ClN4O3S/c1-32-23-25-15-20(28(23)18-7-3-2-4-8-18)22(30)31-16-21(29)27-12-10-26(11-13-27)19-9-5-6-17(24)14-19/h2-9,14-15H,10-13,16H2,1H3. The molecular formula is C23H23ClN4O3S.